The number of nitrogens with zero attached hydrogens (tertiary/aromatic N) is 3. The molecule has 1 aliphatic heterocycles. The number of sulfonamides is 1. The Labute approximate surface area is 177 Å². The van der Waals surface area contributed by atoms with Crippen LogP contribution in [0.3, 0.4) is 0 Å². The highest BCUT2D eigenvalue weighted by Crippen LogP contribution is 2.26. The molecule has 3 aromatic rings. The van der Waals surface area contributed by atoms with Crippen molar-refractivity contribution in [3.63, 3.8) is 0 Å². The molecule has 1 atom stereocenters. The van der Waals surface area contributed by atoms with Gasteiger partial charge in [-0.3, -0.25) is 14.0 Å². The zero-order valence-corrected chi connectivity index (χ0v) is 18.0. The van der Waals surface area contributed by atoms with Crippen LogP contribution in [-0.4, -0.2) is 40.7 Å². The lowest BCUT2D eigenvalue weighted by Crippen LogP contribution is -2.48. The standard InChI is InChI=1S/C20H21N3O5S2/c1-14-13-29-20-21-15(11-18(24)23(14)20)12-28-19(25)17-9-5-6-10-22(17)30(26,27)16-7-3-2-4-8-16/h2-4,7-8,11,13,17H,5-6,9-10,12H2,1H3/t17-/m0/s1. The van der Waals surface area contributed by atoms with E-state index in [-0.39, 0.29) is 23.6 Å². The first kappa shape index (κ1) is 20.7. The van der Waals surface area contributed by atoms with Crippen LogP contribution >= 0.6 is 11.3 Å². The van der Waals surface area contributed by atoms with Crippen molar-refractivity contribution in [1.82, 2.24) is 13.7 Å². The summed E-state index contributed by atoms with van der Waals surface area (Å²) in [7, 11) is -3.81. The molecular weight excluding hydrogens is 426 g/mol. The number of aromatic nitrogens is 2. The number of carbonyl (C=O) groups is 1. The smallest absolute Gasteiger partial charge is 0.324 e. The molecule has 2 aromatic heterocycles. The van der Waals surface area contributed by atoms with Gasteiger partial charge in [-0.05, 0) is 38.3 Å². The zero-order chi connectivity index (χ0) is 21.3. The van der Waals surface area contributed by atoms with Crippen molar-refractivity contribution < 1.29 is 17.9 Å². The second-order valence-corrected chi connectivity index (χ2v) is 9.86. The number of fused-ring (bicyclic) bond motifs is 1. The van der Waals surface area contributed by atoms with Crippen LogP contribution in [0.2, 0.25) is 0 Å². The predicted molar refractivity (Wildman–Crippen MR) is 112 cm³/mol. The molecule has 0 unspecified atom stereocenters. The number of benzene rings is 1. The topological polar surface area (TPSA) is 98.0 Å². The fourth-order valence-electron chi connectivity index (χ4n) is 3.57. The molecule has 8 nitrogen and oxygen atoms in total. The van der Waals surface area contributed by atoms with Gasteiger partial charge in [-0.25, -0.2) is 13.4 Å². The Balaban J connectivity index is 1.52. The van der Waals surface area contributed by atoms with Gasteiger partial charge in [-0.1, -0.05) is 18.2 Å². The molecule has 1 fully saturated rings. The number of rotatable bonds is 5. The maximum Gasteiger partial charge on any atom is 0.324 e. The zero-order valence-electron chi connectivity index (χ0n) is 16.4. The van der Waals surface area contributed by atoms with Crippen molar-refractivity contribution in [2.75, 3.05) is 6.54 Å². The average molecular weight is 448 g/mol. The number of carbonyl (C=O) groups excluding carboxylic acids is 1. The van der Waals surface area contributed by atoms with E-state index in [0.717, 1.165) is 12.1 Å². The molecule has 0 spiro atoms. The van der Waals surface area contributed by atoms with Crippen LogP contribution in [0.25, 0.3) is 4.96 Å². The quantitative estimate of drug-likeness (QED) is 0.557. The van der Waals surface area contributed by atoms with E-state index < -0.39 is 22.0 Å². The molecule has 0 N–H and O–H groups in total. The fraction of sp³-hybridized carbons (Fsp3) is 0.350. The Morgan fingerprint density at radius 1 is 1.27 bits per heavy atom. The molecule has 1 saturated heterocycles. The number of thiazole rings is 1. The van der Waals surface area contributed by atoms with Crippen LogP contribution in [0.4, 0.5) is 0 Å². The van der Waals surface area contributed by atoms with Crippen LogP contribution in [-0.2, 0) is 26.2 Å². The van der Waals surface area contributed by atoms with E-state index in [4.69, 9.17) is 4.74 Å². The van der Waals surface area contributed by atoms with E-state index in [2.05, 4.69) is 4.98 Å². The van der Waals surface area contributed by atoms with Gasteiger partial charge in [0.1, 0.15) is 12.6 Å². The van der Waals surface area contributed by atoms with Crippen molar-refractivity contribution in [1.29, 1.82) is 0 Å². The summed E-state index contributed by atoms with van der Waals surface area (Å²) in [6, 6.07) is 8.51. The molecule has 3 heterocycles. The molecule has 1 aliphatic rings. The molecular formula is C20H21N3O5S2. The first-order chi connectivity index (χ1) is 14.4. The average Bonchev–Trinajstić information content (AvgIpc) is 3.14. The SMILES string of the molecule is Cc1csc2nc(COC(=O)[C@@H]3CCCCN3S(=O)(=O)c3ccccc3)cc(=O)n12. The molecule has 0 saturated carbocycles. The monoisotopic (exact) mass is 447 g/mol. The van der Waals surface area contributed by atoms with Gasteiger partial charge in [-0.15, -0.1) is 11.3 Å². The lowest BCUT2D eigenvalue weighted by atomic mass is 10.1. The summed E-state index contributed by atoms with van der Waals surface area (Å²) >= 11 is 1.33. The largest absolute Gasteiger partial charge is 0.458 e. The molecule has 158 valence electrons. The Bertz CT molecular complexity index is 1230. The highest BCUT2D eigenvalue weighted by molar-refractivity contribution is 7.89. The van der Waals surface area contributed by atoms with Gasteiger partial charge in [0.25, 0.3) is 5.56 Å². The number of piperidine rings is 1. The second kappa shape index (κ2) is 8.29. The highest BCUT2D eigenvalue weighted by Gasteiger charge is 2.38. The molecule has 0 amide bonds. The van der Waals surface area contributed by atoms with Crippen LogP contribution in [0, 0.1) is 6.92 Å². The summed E-state index contributed by atoms with van der Waals surface area (Å²) in [5.41, 5.74) is 0.888. The maximum atomic E-state index is 13.0. The minimum atomic E-state index is -3.81. The Morgan fingerprint density at radius 2 is 2.03 bits per heavy atom. The number of hydrogen-bond acceptors (Lipinski definition) is 7. The van der Waals surface area contributed by atoms with Gasteiger partial charge in [-0.2, -0.15) is 4.31 Å². The van der Waals surface area contributed by atoms with Gasteiger partial charge >= 0.3 is 5.97 Å². The van der Waals surface area contributed by atoms with E-state index in [9.17, 15) is 18.0 Å². The third-order valence-corrected chi connectivity index (χ3v) is 7.93. The van der Waals surface area contributed by atoms with Crippen molar-refractivity contribution >= 4 is 32.3 Å². The summed E-state index contributed by atoms with van der Waals surface area (Å²) in [6.07, 6.45) is 1.81. The number of hydrogen-bond donors (Lipinski definition) is 0. The van der Waals surface area contributed by atoms with E-state index in [0.29, 0.717) is 23.5 Å². The number of aryl methyl sites for hydroxylation is 1. The fourth-order valence-corrected chi connectivity index (χ4v) is 6.13. The lowest BCUT2D eigenvalue weighted by Gasteiger charge is -2.32. The summed E-state index contributed by atoms with van der Waals surface area (Å²) in [6.45, 7) is 1.89. The van der Waals surface area contributed by atoms with Crippen molar-refractivity contribution in [3.8, 4) is 0 Å². The van der Waals surface area contributed by atoms with E-state index in [1.807, 2.05) is 12.3 Å². The van der Waals surface area contributed by atoms with E-state index >= 15 is 0 Å². The molecule has 0 aliphatic carbocycles. The predicted octanol–water partition coefficient (Wildman–Crippen LogP) is 2.35. The van der Waals surface area contributed by atoms with Gasteiger partial charge in [0.2, 0.25) is 10.0 Å². The second-order valence-electron chi connectivity index (χ2n) is 7.13. The first-order valence-electron chi connectivity index (χ1n) is 9.58. The van der Waals surface area contributed by atoms with Crippen molar-refractivity contribution in [2.45, 2.75) is 43.7 Å². The van der Waals surface area contributed by atoms with Gasteiger partial charge in [0, 0.05) is 23.7 Å². The van der Waals surface area contributed by atoms with Crippen LogP contribution < -0.4 is 5.56 Å². The Morgan fingerprint density at radius 3 is 2.80 bits per heavy atom. The van der Waals surface area contributed by atoms with Gasteiger partial charge in [0.05, 0.1) is 10.6 Å². The van der Waals surface area contributed by atoms with Crippen molar-refractivity contribution in [2.24, 2.45) is 0 Å². The molecule has 0 radical (unpaired) electrons. The van der Waals surface area contributed by atoms with E-state index in [1.54, 1.807) is 18.2 Å². The molecule has 30 heavy (non-hydrogen) atoms. The molecule has 0 bridgehead atoms. The third-order valence-electron chi connectivity index (χ3n) is 5.07. The normalized spacial score (nSPS) is 17.8. The summed E-state index contributed by atoms with van der Waals surface area (Å²) in [4.78, 5) is 30.1. The van der Waals surface area contributed by atoms with Crippen LogP contribution in [0.15, 0.2) is 51.5 Å². The maximum absolute atomic E-state index is 13.0. The lowest BCUT2D eigenvalue weighted by molar-refractivity contribution is -0.150. The van der Waals surface area contributed by atoms with Crippen molar-refractivity contribution in [3.05, 3.63) is 63.5 Å². The number of ether oxygens (including phenoxy) is 1. The first-order valence-corrected chi connectivity index (χ1v) is 11.9. The summed E-state index contributed by atoms with van der Waals surface area (Å²) in [5.74, 6) is -0.626. The van der Waals surface area contributed by atoms with Crippen LogP contribution in [0.5, 0.6) is 0 Å². The molecule has 4 rings (SSSR count). The Kier molecular flexibility index (Phi) is 5.72. The van der Waals surface area contributed by atoms with Gasteiger partial charge in [0.15, 0.2) is 4.96 Å². The highest BCUT2D eigenvalue weighted by atomic mass is 32.2. The number of esters is 1. The third kappa shape index (κ3) is 3.90. The van der Waals surface area contributed by atoms with Gasteiger partial charge < -0.3 is 4.74 Å². The molecule has 10 heteroatoms. The molecule has 1 aromatic carbocycles. The summed E-state index contributed by atoms with van der Waals surface area (Å²) in [5, 5.41) is 1.83. The van der Waals surface area contributed by atoms with Crippen LogP contribution in [0.1, 0.15) is 30.7 Å². The summed E-state index contributed by atoms with van der Waals surface area (Å²) < 4.78 is 34.2. The minimum absolute atomic E-state index is 0.151. The van der Waals surface area contributed by atoms with E-state index in [1.165, 1.54) is 38.2 Å². The Hall–Kier alpha value is -2.56. The minimum Gasteiger partial charge on any atom is -0.458 e.